The van der Waals surface area contributed by atoms with Crippen molar-refractivity contribution in [3.8, 4) is 0 Å². The normalized spacial score (nSPS) is 17.9. The largest absolute Gasteiger partial charge is 0.339 e. The summed E-state index contributed by atoms with van der Waals surface area (Å²) in [7, 11) is 0. The lowest BCUT2D eigenvalue weighted by atomic mass is 10.0. The fraction of sp³-hybridized carbons (Fsp3) is 0.471. The highest BCUT2D eigenvalue weighted by atomic mass is 19.1. The van der Waals surface area contributed by atoms with Crippen LogP contribution in [0.4, 0.5) is 4.39 Å². The maximum atomic E-state index is 13.5. The van der Waals surface area contributed by atoms with Crippen LogP contribution in [-0.2, 0) is 11.2 Å². The number of hydrogen-bond donors (Lipinski definition) is 1. The van der Waals surface area contributed by atoms with Crippen LogP contribution in [0.25, 0.3) is 0 Å². The van der Waals surface area contributed by atoms with Gasteiger partial charge in [-0.15, -0.1) is 0 Å². The van der Waals surface area contributed by atoms with Crippen molar-refractivity contribution in [1.29, 1.82) is 0 Å². The topological polar surface area (TPSA) is 71.3 Å². The standard InChI is InChI=1S/C17H21FN4O2/c1-12-20-16(24-21-12)6-3-7-17(23)22-9-8-19-11-15(22)13-4-2-5-14(18)10-13/h2,4-5,10,15,19H,3,6-9,11H2,1H3. The van der Waals surface area contributed by atoms with E-state index in [1.165, 1.54) is 12.1 Å². The first-order valence-corrected chi connectivity index (χ1v) is 8.18. The molecule has 1 saturated heterocycles. The molecule has 3 rings (SSSR count). The monoisotopic (exact) mass is 332 g/mol. The van der Waals surface area contributed by atoms with Crippen molar-refractivity contribution in [2.45, 2.75) is 32.2 Å². The van der Waals surface area contributed by atoms with Crippen LogP contribution < -0.4 is 5.32 Å². The number of piperazine rings is 1. The molecule has 0 spiro atoms. The van der Waals surface area contributed by atoms with Crippen molar-refractivity contribution < 1.29 is 13.7 Å². The van der Waals surface area contributed by atoms with Crippen LogP contribution in [0.3, 0.4) is 0 Å². The number of benzene rings is 1. The van der Waals surface area contributed by atoms with Crippen LogP contribution in [0.1, 0.15) is 36.2 Å². The lowest BCUT2D eigenvalue weighted by Gasteiger charge is -2.36. The number of aryl methyl sites for hydroxylation is 2. The minimum absolute atomic E-state index is 0.0713. The smallest absolute Gasteiger partial charge is 0.226 e. The number of halogens is 1. The minimum atomic E-state index is -0.280. The minimum Gasteiger partial charge on any atom is -0.339 e. The SMILES string of the molecule is Cc1noc(CCCC(=O)N2CCNCC2c2cccc(F)c2)n1. The number of hydrogen-bond acceptors (Lipinski definition) is 5. The predicted octanol–water partition coefficient (Wildman–Crippen LogP) is 2.01. The van der Waals surface area contributed by atoms with Gasteiger partial charge < -0.3 is 14.7 Å². The summed E-state index contributed by atoms with van der Waals surface area (Å²) in [6.45, 7) is 3.78. The van der Waals surface area contributed by atoms with Crippen molar-refractivity contribution in [1.82, 2.24) is 20.4 Å². The zero-order chi connectivity index (χ0) is 16.9. The summed E-state index contributed by atoms with van der Waals surface area (Å²) < 4.78 is 18.6. The van der Waals surface area contributed by atoms with Gasteiger partial charge in [-0.2, -0.15) is 4.98 Å². The average molecular weight is 332 g/mol. The maximum Gasteiger partial charge on any atom is 0.226 e. The Labute approximate surface area is 140 Å². The van der Waals surface area contributed by atoms with E-state index in [1.807, 2.05) is 11.0 Å². The van der Waals surface area contributed by atoms with E-state index in [4.69, 9.17) is 4.52 Å². The molecule has 0 aliphatic carbocycles. The lowest BCUT2D eigenvalue weighted by Crippen LogP contribution is -2.48. The molecule has 1 unspecified atom stereocenters. The van der Waals surface area contributed by atoms with Crippen molar-refractivity contribution in [2.75, 3.05) is 19.6 Å². The van der Waals surface area contributed by atoms with E-state index >= 15 is 0 Å². The first kappa shape index (κ1) is 16.6. The Bertz CT molecular complexity index is 703. The molecule has 6 nitrogen and oxygen atoms in total. The third kappa shape index (κ3) is 3.97. The third-order valence-electron chi connectivity index (χ3n) is 4.15. The molecule has 0 bridgehead atoms. The molecule has 7 heteroatoms. The van der Waals surface area contributed by atoms with Gasteiger partial charge in [-0.25, -0.2) is 4.39 Å². The zero-order valence-electron chi connectivity index (χ0n) is 13.7. The maximum absolute atomic E-state index is 13.5. The molecular formula is C17H21FN4O2. The number of nitrogens with one attached hydrogen (secondary N) is 1. The summed E-state index contributed by atoms with van der Waals surface area (Å²) in [5, 5.41) is 7.01. The van der Waals surface area contributed by atoms with Crippen LogP contribution >= 0.6 is 0 Å². The summed E-state index contributed by atoms with van der Waals surface area (Å²) in [6.07, 6.45) is 1.65. The molecule has 2 aromatic rings. The Balaban J connectivity index is 1.61. The van der Waals surface area contributed by atoms with E-state index in [2.05, 4.69) is 15.5 Å². The van der Waals surface area contributed by atoms with E-state index in [0.717, 1.165) is 12.1 Å². The molecule has 1 amide bonds. The Morgan fingerprint density at radius 3 is 3.12 bits per heavy atom. The van der Waals surface area contributed by atoms with E-state index in [9.17, 15) is 9.18 Å². The summed E-state index contributed by atoms with van der Waals surface area (Å²) in [6, 6.07) is 6.33. The van der Waals surface area contributed by atoms with Crippen LogP contribution in [0.15, 0.2) is 28.8 Å². The van der Waals surface area contributed by atoms with Gasteiger partial charge in [-0.05, 0) is 31.0 Å². The van der Waals surface area contributed by atoms with Crippen molar-refractivity contribution >= 4 is 5.91 Å². The second-order valence-corrected chi connectivity index (χ2v) is 5.95. The van der Waals surface area contributed by atoms with Crippen LogP contribution in [-0.4, -0.2) is 40.6 Å². The van der Waals surface area contributed by atoms with Gasteiger partial charge in [0.2, 0.25) is 11.8 Å². The second-order valence-electron chi connectivity index (χ2n) is 5.95. The van der Waals surface area contributed by atoms with Gasteiger partial charge in [0, 0.05) is 32.5 Å². The molecule has 0 saturated carbocycles. The molecule has 128 valence electrons. The summed E-state index contributed by atoms with van der Waals surface area (Å²) in [5.74, 6) is 0.950. The quantitative estimate of drug-likeness (QED) is 0.907. The highest BCUT2D eigenvalue weighted by Crippen LogP contribution is 2.24. The van der Waals surface area contributed by atoms with Crippen molar-refractivity contribution in [2.24, 2.45) is 0 Å². The van der Waals surface area contributed by atoms with Gasteiger partial charge in [0.25, 0.3) is 0 Å². The number of amides is 1. The van der Waals surface area contributed by atoms with Crippen molar-refractivity contribution in [3.05, 3.63) is 47.4 Å². The van der Waals surface area contributed by atoms with E-state index in [0.29, 0.717) is 44.1 Å². The van der Waals surface area contributed by atoms with Gasteiger partial charge in [0.1, 0.15) is 5.82 Å². The molecule has 1 fully saturated rings. The first-order valence-electron chi connectivity index (χ1n) is 8.18. The number of carbonyl (C=O) groups is 1. The Kier molecular flexibility index (Phi) is 5.20. The molecule has 2 heterocycles. The molecule has 24 heavy (non-hydrogen) atoms. The van der Waals surface area contributed by atoms with Gasteiger partial charge in [-0.3, -0.25) is 4.79 Å². The van der Waals surface area contributed by atoms with Gasteiger partial charge >= 0.3 is 0 Å². The Morgan fingerprint density at radius 2 is 2.38 bits per heavy atom. The molecule has 1 aliphatic heterocycles. The van der Waals surface area contributed by atoms with Gasteiger partial charge in [-0.1, -0.05) is 17.3 Å². The second kappa shape index (κ2) is 7.53. The number of nitrogens with zero attached hydrogens (tertiary/aromatic N) is 3. The fourth-order valence-corrected chi connectivity index (χ4v) is 2.99. The lowest BCUT2D eigenvalue weighted by molar-refractivity contribution is -0.134. The molecule has 1 aliphatic rings. The first-order chi connectivity index (χ1) is 11.6. The Hall–Kier alpha value is -2.28. The van der Waals surface area contributed by atoms with E-state index < -0.39 is 0 Å². The summed E-state index contributed by atoms with van der Waals surface area (Å²) in [4.78, 5) is 18.6. The number of carbonyl (C=O) groups excluding carboxylic acids is 1. The third-order valence-corrected chi connectivity index (χ3v) is 4.15. The highest BCUT2D eigenvalue weighted by Gasteiger charge is 2.27. The van der Waals surface area contributed by atoms with Crippen molar-refractivity contribution in [3.63, 3.8) is 0 Å². The van der Waals surface area contributed by atoms with Gasteiger partial charge in [0.05, 0.1) is 6.04 Å². The molecule has 1 aromatic carbocycles. The zero-order valence-corrected chi connectivity index (χ0v) is 13.7. The van der Waals surface area contributed by atoms with Crippen LogP contribution in [0, 0.1) is 12.7 Å². The highest BCUT2D eigenvalue weighted by molar-refractivity contribution is 5.77. The molecule has 0 radical (unpaired) electrons. The van der Waals surface area contributed by atoms with E-state index in [-0.39, 0.29) is 17.8 Å². The fourth-order valence-electron chi connectivity index (χ4n) is 2.99. The molecule has 1 N–H and O–H groups in total. The predicted molar refractivity (Wildman–Crippen MR) is 85.7 cm³/mol. The molecule has 1 aromatic heterocycles. The summed E-state index contributed by atoms with van der Waals surface area (Å²) >= 11 is 0. The Morgan fingerprint density at radius 1 is 1.50 bits per heavy atom. The summed E-state index contributed by atoms with van der Waals surface area (Å²) in [5.41, 5.74) is 0.822. The van der Waals surface area contributed by atoms with Crippen LogP contribution in [0.5, 0.6) is 0 Å². The van der Waals surface area contributed by atoms with Gasteiger partial charge in [0.15, 0.2) is 5.82 Å². The van der Waals surface area contributed by atoms with E-state index in [1.54, 1.807) is 13.0 Å². The molecule has 1 atom stereocenters. The number of aromatic nitrogens is 2. The molecular weight excluding hydrogens is 311 g/mol. The number of rotatable bonds is 5. The average Bonchev–Trinajstić information content (AvgIpc) is 3.00. The van der Waals surface area contributed by atoms with Crippen LogP contribution in [0.2, 0.25) is 0 Å².